The number of benzene rings is 2. The SMILES string of the molecule is CCN(C(=O)OCC1c2ccccc2-c2ccccc21)[C@H]1CC(C)S(=O)(=O)c2sc(S(=O)(=O)NC(=O)CCCCCO[N+](=O)[O-])cc21. The van der Waals surface area contributed by atoms with E-state index in [0.717, 1.165) is 22.3 Å². The second kappa shape index (κ2) is 14.0. The van der Waals surface area contributed by atoms with E-state index in [9.17, 15) is 36.5 Å². The van der Waals surface area contributed by atoms with Crippen LogP contribution in [0.3, 0.4) is 0 Å². The molecule has 0 saturated carbocycles. The van der Waals surface area contributed by atoms with Gasteiger partial charge in [0.05, 0.1) is 17.9 Å². The maximum absolute atomic E-state index is 13.6. The molecule has 2 aromatic carbocycles. The molecule has 13 nitrogen and oxygen atoms in total. The summed E-state index contributed by atoms with van der Waals surface area (Å²) in [6.07, 6.45) is 0.206. The normalized spacial score (nSPS) is 18.0. The molecule has 2 amide bonds. The first kappa shape index (κ1) is 34.3. The van der Waals surface area contributed by atoms with Crippen molar-refractivity contribution in [2.75, 3.05) is 19.8 Å². The van der Waals surface area contributed by atoms with E-state index in [-0.39, 0.29) is 58.9 Å². The number of hydrogen-bond donors (Lipinski definition) is 1. The lowest BCUT2D eigenvalue weighted by Gasteiger charge is -2.35. The standard InChI is InChI=1S/C31H35N3O10S3/c1-3-33(31(36)43-19-26-23-13-8-6-11-21(23)22-12-7-9-14-24(22)26)27-17-20(2)46(39,40)30-25(27)18-29(45-30)47(41,42)32-28(35)15-5-4-10-16-44-34(37)38/h6-9,11-14,18,20,26-27H,3-5,10,15-17,19H2,1-2H3,(H,32,35)/t20?,27-/m0/s1. The predicted octanol–water partition coefficient (Wildman–Crippen LogP) is 5.20. The molecule has 2 aliphatic rings. The molecule has 16 heteroatoms. The van der Waals surface area contributed by atoms with Crippen molar-refractivity contribution >= 4 is 43.2 Å². The summed E-state index contributed by atoms with van der Waals surface area (Å²) in [4.78, 5) is 41.9. The molecule has 0 spiro atoms. The highest BCUT2D eigenvalue weighted by molar-refractivity contribution is 7.95. The van der Waals surface area contributed by atoms with E-state index in [2.05, 4.69) is 4.84 Å². The fourth-order valence-electron chi connectivity index (χ4n) is 6.11. The highest BCUT2D eigenvalue weighted by atomic mass is 32.3. The van der Waals surface area contributed by atoms with Gasteiger partial charge in [-0.2, -0.15) is 0 Å². The Balaban J connectivity index is 1.31. The van der Waals surface area contributed by atoms with Crippen molar-refractivity contribution in [3.8, 4) is 11.1 Å². The number of hydrogen-bond acceptors (Lipinski definition) is 11. The van der Waals surface area contributed by atoms with Crippen LogP contribution < -0.4 is 4.72 Å². The molecule has 0 bridgehead atoms. The minimum absolute atomic E-state index is 0.0378. The van der Waals surface area contributed by atoms with Crippen LogP contribution in [-0.2, 0) is 34.2 Å². The molecule has 2 heterocycles. The number of nitrogens with zero attached hydrogens (tertiary/aromatic N) is 2. The van der Waals surface area contributed by atoms with Crippen molar-refractivity contribution in [2.24, 2.45) is 0 Å². The second-order valence-corrected chi connectivity index (χ2v) is 16.9. The van der Waals surface area contributed by atoms with Crippen molar-refractivity contribution in [1.29, 1.82) is 0 Å². The highest BCUT2D eigenvalue weighted by Gasteiger charge is 2.43. The average molecular weight is 706 g/mol. The zero-order valence-electron chi connectivity index (χ0n) is 25.8. The number of sulfone groups is 1. The number of unbranched alkanes of at least 4 members (excludes halogenated alkanes) is 2. The first-order chi connectivity index (χ1) is 22.3. The minimum atomic E-state index is -4.43. The Kier molecular flexibility index (Phi) is 10.2. The van der Waals surface area contributed by atoms with Crippen LogP contribution in [0.1, 0.15) is 74.6 Å². The summed E-state index contributed by atoms with van der Waals surface area (Å²) in [6.45, 7) is 3.36. The molecule has 252 valence electrons. The number of thiophene rings is 1. The van der Waals surface area contributed by atoms with Crippen molar-refractivity contribution in [2.45, 2.75) is 71.6 Å². The van der Waals surface area contributed by atoms with E-state index in [1.165, 1.54) is 17.9 Å². The molecule has 0 saturated heterocycles. The molecular formula is C31H35N3O10S3. The summed E-state index contributed by atoms with van der Waals surface area (Å²) in [7, 11) is -8.34. The topological polar surface area (TPSA) is 179 Å². The Bertz CT molecular complexity index is 1850. The molecule has 47 heavy (non-hydrogen) atoms. The largest absolute Gasteiger partial charge is 0.448 e. The van der Waals surface area contributed by atoms with Gasteiger partial charge in [0, 0.05) is 24.4 Å². The molecular weight excluding hydrogens is 671 g/mol. The molecule has 1 unspecified atom stereocenters. The second-order valence-electron chi connectivity index (χ2n) is 11.4. The Morgan fingerprint density at radius 1 is 1.04 bits per heavy atom. The first-order valence-electron chi connectivity index (χ1n) is 15.2. The third kappa shape index (κ3) is 7.13. The molecule has 1 aliphatic heterocycles. The van der Waals surface area contributed by atoms with E-state index in [1.807, 2.05) is 53.3 Å². The molecule has 2 atom stereocenters. The predicted molar refractivity (Wildman–Crippen MR) is 173 cm³/mol. The van der Waals surface area contributed by atoms with E-state index in [4.69, 9.17) is 4.74 Å². The van der Waals surface area contributed by atoms with Crippen molar-refractivity contribution < 1.29 is 41.1 Å². The zero-order valence-corrected chi connectivity index (χ0v) is 28.2. The van der Waals surface area contributed by atoms with Gasteiger partial charge < -0.3 is 14.5 Å². The molecule has 3 aromatic rings. The Morgan fingerprint density at radius 3 is 2.30 bits per heavy atom. The van der Waals surface area contributed by atoms with Gasteiger partial charge in [-0.15, -0.1) is 21.5 Å². The average Bonchev–Trinajstić information content (AvgIpc) is 3.62. The Labute approximate surface area is 277 Å². The molecule has 0 radical (unpaired) electrons. The van der Waals surface area contributed by atoms with Crippen LogP contribution in [0, 0.1) is 10.1 Å². The smallest absolute Gasteiger partial charge is 0.410 e. The van der Waals surface area contributed by atoms with Gasteiger partial charge in [0.25, 0.3) is 15.1 Å². The lowest BCUT2D eigenvalue weighted by Crippen LogP contribution is -2.40. The molecule has 1 N–H and O–H groups in total. The number of sulfonamides is 1. The third-order valence-electron chi connectivity index (χ3n) is 8.45. The summed E-state index contributed by atoms with van der Waals surface area (Å²) < 4.78 is 60.4. The Hall–Kier alpha value is -4.02. The Morgan fingerprint density at radius 2 is 1.68 bits per heavy atom. The number of fused-ring (bicyclic) bond motifs is 4. The van der Waals surface area contributed by atoms with E-state index < -0.39 is 48.2 Å². The van der Waals surface area contributed by atoms with Crippen LogP contribution in [0.4, 0.5) is 4.79 Å². The summed E-state index contributed by atoms with van der Waals surface area (Å²) in [5, 5.41) is 8.40. The highest BCUT2D eigenvalue weighted by Crippen LogP contribution is 2.47. The number of amides is 2. The fraction of sp³-hybridized carbons (Fsp3) is 0.419. The number of nitrogens with one attached hydrogen (secondary N) is 1. The third-order valence-corrected chi connectivity index (χ3v) is 14.2. The molecule has 1 aromatic heterocycles. The van der Waals surface area contributed by atoms with Crippen LogP contribution in [0.5, 0.6) is 0 Å². The number of rotatable bonds is 13. The first-order valence-corrected chi connectivity index (χ1v) is 19.0. The maximum Gasteiger partial charge on any atom is 0.410 e. The number of carbonyl (C=O) groups excluding carboxylic acids is 2. The van der Waals surface area contributed by atoms with Gasteiger partial charge in [-0.3, -0.25) is 4.79 Å². The summed E-state index contributed by atoms with van der Waals surface area (Å²) >= 11 is 0.544. The van der Waals surface area contributed by atoms with Gasteiger partial charge in [-0.05, 0) is 61.4 Å². The van der Waals surface area contributed by atoms with Gasteiger partial charge in [-0.25, -0.2) is 26.4 Å². The zero-order chi connectivity index (χ0) is 33.9. The van der Waals surface area contributed by atoms with E-state index in [0.29, 0.717) is 24.2 Å². The van der Waals surface area contributed by atoms with Crippen LogP contribution in [0.2, 0.25) is 0 Å². The van der Waals surface area contributed by atoms with Crippen molar-refractivity contribution in [3.63, 3.8) is 0 Å². The maximum atomic E-state index is 13.6. The quantitative estimate of drug-likeness (QED) is 0.141. The van der Waals surface area contributed by atoms with Gasteiger partial charge in [0.15, 0.2) is 9.84 Å². The minimum Gasteiger partial charge on any atom is -0.448 e. The van der Waals surface area contributed by atoms with E-state index in [1.54, 1.807) is 6.92 Å². The lowest BCUT2D eigenvalue weighted by molar-refractivity contribution is -0.757. The van der Waals surface area contributed by atoms with Crippen molar-refractivity contribution in [1.82, 2.24) is 9.62 Å². The molecule has 1 aliphatic carbocycles. The van der Waals surface area contributed by atoms with Crippen LogP contribution in [0.25, 0.3) is 11.1 Å². The van der Waals surface area contributed by atoms with Crippen LogP contribution in [0.15, 0.2) is 63.0 Å². The monoisotopic (exact) mass is 705 g/mol. The number of ether oxygens (including phenoxy) is 1. The van der Waals surface area contributed by atoms with Gasteiger partial charge >= 0.3 is 6.09 Å². The number of carbonyl (C=O) groups is 2. The fourth-order valence-corrected chi connectivity index (χ4v) is 11.1. The van der Waals surface area contributed by atoms with Gasteiger partial charge in [-0.1, -0.05) is 55.0 Å². The summed E-state index contributed by atoms with van der Waals surface area (Å²) in [5.41, 5.74) is 4.41. The summed E-state index contributed by atoms with van der Waals surface area (Å²) in [6, 6.07) is 16.3. The van der Waals surface area contributed by atoms with Gasteiger partial charge in [0.2, 0.25) is 5.91 Å². The lowest BCUT2D eigenvalue weighted by atomic mass is 9.98. The van der Waals surface area contributed by atoms with Crippen molar-refractivity contribution in [3.05, 3.63) is 81.4 Å². The van der Waals surface area contributed by atoms with Crippen LogP contribution in [-0.4, -0.2) is 63.8 Å². The molecule has 5 rings (SSSR count). The summed E-state index contributed by atoms with van der Waals surface area (Å²) in [5.74, 6) is -0.977. The van der Waals surface area contributed by atoms with Gasteiger partial charge in [0.1, 0.15) is 15.0 Å². The van der Waals surface area contributed by atoms with E-state index >= 15 is 0 Å². The van der Waals surface area contributed by atoms with Crippen LogP contribution >= 0.6 is 11.3 Å². The molecule has 0 fully saturated rings.